The maximum absolute atomic E-state index is 13.0. The first-order valence-electron chi connectivity index (χ1n) is 14.2. The first-order valence-corrected chi connectivity index (χ1v) is 14.2. The van der Waals surface area contributed by atoms with Crippen molar-refractivity contribution in [1.29, 1.82) is 0 Å². The van der Waals surface area contributed by atoms with Crippen molar-refractivity contribution >= 4 is 47.8 Å². The van der Waals surface area contributed by atoms with Crippen LogP contribution in [0, 0.1) is 0 Å². The molecule has 0 saturated carbocycles. The lowest BCUT2D eigenvalue weighted by Crippen LogP contribution is -2.53. The summed E-state index contributed by atoms with van der Waals surface area (Å²) in [6, 6.07) is 12.6. The molecule has 4 atom stereocenters. The van der Waals surface area contributed by atoms with E-state index in [9.17, 15) is 28.8 Å². The van der Waals surface area contributed by atoms with Gasteiger partial charge in [0, 0.05) is 40.2 Å². The zero-order chi connectivity index (χ0) is 35.4. The van der Waals surface area contributed by atoms with Crippen molar-refractivity contribution in [2.24, 2.45) is 5.10 Å². The van der Waals surface area contributed by atoms with Gasteiger partial charge in [0.2, 0.25) is 0 Å². The van der Waals surface area contributed by atoms with Gasteiger partial charge in [-0.15, -0.1) is 10.2 Å². The van der Waals surface area contributed by atoms with Gasteiger partial charge in [-0.25, -0.2) is 5.43 Å². The number of nitrogens with two attached hydrogens (primary N) is 1. The van der Waals surface area contributed by atoms with Crippen LogP contribution in [0.4, 0.5) is 5.82 Å². The minimum atomic E-state index is -1.72. The lowest BCUT2D eigenvalue weighted by atomic mass is 10.0. The summed E-state index contributed by atoms with van der Waals surface area (Å²) in [7, 11) is 0. The van der Waals surface area contributed by atoms with E-state index in [4.69, 9.17) is 29.4 Å². The molecular formula is C30H33N7O11. The summed E-state index contributed by atoms with van der Waals surface area (Å²) in [5.41, 5.74) is 9.69. The molecule has 3 N–H and O–H groups in total. The molecule has 1 amide bonds. The summed E-state index contributed by atoms with van der Waals surface area (Å²) in [4.78, 5) is 72.6. The molecule has 48 heavy (non-hydrogen) atoms. The number of rotatable bonds is 14. The molecule has 3 aromatic rings. The van der Waals surface area contributed by atoms with E-state index in [1.54, 1.807) is 12.1 Å². The number of esters is 5. The van der Waals surface area contributed by atoms with Gasteiger partial charge in [0.1, 0.15) is 18.0 Å². The Labute approximate surface area is 273 Å². The Balaban J connectivity index is 1.87. The molecule has 0 aliphatic heterocycles. The van der Waals surface area contributed by atoms with Crippen LogP contribution in [0.2, 0.25) is 0 Å². The van der Waals surface area contributed by atoms with Gasteiger partial charge in [0.15, 0.2) is 30.2 Å². The van der Waals surface area contributed by atoms with E-state index in [0.717, 1.165) is 52.6 Å². The molecule has 3 rings (SSSR count). The highest BCUT2D eigenvalue weighted by Gasteiger charge is 2.43. The quantitative estimate of drug-likeness (QED) is 0.105. The molecule has 0 saturated heterocycles. The normalized spacial score (nSPS) is 13.4. The van der Waals surface area contributed by atoms with Gasteiger partial charge in [-0.2, -0.15) is 14.9 Å². The highest BCUT2D eigenvalue weighted by Crippen LogP contribution is 2.21. The lowest BCUT2D eigenvalue weighted by Gasteiger charge is -2.34. The molecular weight excluding hydrogens is 634 g/mol. The van der Waals surface area contributed by atoms with Crippen molar-refractivity contribution in [3.8, 4) is 17.1 Å². The van der Waals surface area contributed by atoms with E-state index in [1.807, 2.05) is 30.3 Å². The number of anilines is 1. The molecule has 2 heterocycles. The smallest absolute Gasteiger partial charge is 0.303 e. The van der Waals surface area contributed by atoms with Crippen molar-refractivity contribution in [1.82, 2.24) is 25.4 Å². The van der Waals surface area contributed by atoms with Crippen LogP contribution in [-0.2, 0) is 47.7 Å². The molecule has 0 aliphatic rings. The van der Waals surface area contributed by atoms with Crippen molar-refractivity contribution < 1.29 is 52.5 Å². The van der Waals surface area contributed by atoms with Gasteiger partial charge < -0.3 is 29.4 Å². The second-order valence-electron chi connectivity index (χ2n) is 9.89. The molecule has 0 spiro atoms. The molecule has 0 fully saturated rings. The van der Waals surface area contributed by atoms with Gasteiger partial charge in [-0.1, -0.05) is 30.3 Å². The summed E-state index contributed by atoms with van der Waals surface area (Å²) in [6.45, 7) is 4.53. The second kappa shape index (κ2) is 16.9. The van der Waals surface area contributed by atoms with E-state index in [2.05, 4.69) is 25.8 Å². The predicted octanol–water partition coefficient (Wildman–Crippen LogP) is 0.917. The zero-order valence-corrected chi connectivity index (χ0v) is 26.5. The molecule has 18 nitrogen and oxygen atoms in total. The fourth-order valence-electron chi connectivity index (χ4n) is 4.19. The number of nitrogens with one attached hydrogen (secondary N) is 1. The van der Waals surface area contributed by atoms with Crippen molar-refractivity contribution in [3.05, 3.63) is 54.2 Å². The molecule has 18 heteroatoms. The minimum Gasteiger partial charge on any atom is -0.462 e. The number of hydrogen-bond donors (Lipinski definition) is 2. The third-order valence-electron chi connectivity index (χ3n) is 6.06. The number of ether oxygens (including phenoxy) is 5. The average Bonchev–Trinajstić information content (AvgIpc) is 3.41. The van der Waals surface area contributed by atoms with Crippen LogP contribution in [0.1, 0.15) is 45.0 Å². The summed E-state index contributed by atoms with van der Waals surface area (Å²) < 4.78 is 27.2. The Morgan fingerprint density at radius 2 is 1.44 bits per heavy atom. The maximum atomic E-state index is 13.0. The number of aromatic nitrogens is 4. The second-order valence-corrected chi connectivity index (χ2v) is 9.89. The number of hydrogen-bond acceptors (Lipinski definition) is 16. The third-order valence-corrected chi connectivity index (χ3v) is 6.06. The number of nitrogen functional groups attached to an aromatic ring is 1. The number of amides is 1. The molecule has 0 aliphatic carbocycles. The fraction of sp³-hybridized carbons (Fsp3) is 0.333. The van der Waals surface area contributed by atoms with Crippen LogP contribution in [0.15, 0.2) is 53.8 Å². The van der Waals surface area contributed by atoms with Gasteiger partial charge in [-0.3, -0.25) is 28.8 Å². The summed E-state index contributed by atoms with van der Waals surface area (Å²) in [5.74, 6) is -5.12. The highest BCUT2D eigenvalue weighted by molar-refractivity contribution is 5.98. The van der Waals surface area contributed by atoms with E-state index in [-0.39, 0.29) is 17.2 Å². The Morgan fingerprint density at radius 3 is 2.00 bits per heavy atom. The fourth-order valence-corrected chi connectivity index (χ4v) is 4.19. The van der Waals surface area contributed by atoms with Crippen LogP contribution in [-0.4, -0.2) is 93.0 Å². The van der Waals surface area contributed by atoms with Crippen LogP contribution in [0.3, 0.4) is 0 Å². The summed E-state index contributed by atoms with van der Waals surface area (Å²) >= 11 is 0. The molecule has 2 aromatic heterocycles. The molecule has 254 valence electrons. The SMILES string of the molecule is CC(=O)OC[C@@H](OC(C)=O)[C@@H](OC(C)=O)[C@H](OC(C)=O)[C@H](/C=N/NC(=O)c1cnn(-c2ccc(-c3ccccc3)nn2)c1N)OC(C)=O. The largest absolute Gasteiger partial charge is 0.462 e. The van der Waals surface area contributed by atoms with Crippen molar-refractivity contribution in [2.45, 2.75) is 59.0 Å². The van der Waals surface area contributed by atoms with Crippen LogP contribution < -0.4 is 11.2 Å². The van der Waals surface area contributed by atoms with Crippen LogP contribution in [0.25, 0.3) is 17.1 Å². The Kier molecular flexibility index (Phi) is 12.8. The number of carbonyl (C=O) groups is 6. The van der Waals surface area contributed by atoms with E-state index >= 15 is 0 Å². The topological polar surface area (TPSA) is 243 Å². The highest BCUT2D eigenvalue weighted by atomic mass is 16.6. The van der Waals surface area contributed by atoms with E-state index < -0.39 is 66.8 Å². The van der Waals surface area contributed by atoms with Crippen LogP contribution in [0.5, 0.6) is 0 Å². The first kappa shape index (κ1) is 36.3. The summed E-state index contributed by atoms with van der Waals surface area (Å²) in [6.07, 6.45) is -4.56. The molecule has 0 unspecified atom stereocenters. The summed E-state index contributed by atoms with van der Waals surface area (Å²) in [5, 5.41) is 16.2. The number of carbonyl (C=O) groups excluding carboxylic acids is 6. The Hall–Kier alpha value is -6.20. The van der Waals surface area contributed by atoms with Crippen LogP contribution >= 0.6 is 0 Å². The average molecular weight is 668 g/mol. The minimum absolute atomic E-state index is 0.108. The van der Waals surface area contributed by atoms with Gasteiger partial charge in [0.05, 0.1) is 18.1 Å². The number of hydrazone groups is 1. The monoisotopic (exact) mass is 667 g/mol. The van der Waals surface area contributed by atoms with E-state index in [0.29, 0.717) is 5.69 Å². The van der Waals surface area contributed by atoms with Gasteiger partial charge >= 0.3 is 29.8 Å². The molecule has 0 radical (unpaired) electrons. The van der Waals surface area contributed by atoms with Crippen molar-refractivity contribution in [2.75, 3.05) is 12.3 Å². The van der Waals surface area contributed by atoms with Crippen molar-refractivity contribution in [3.63, 3.8) is 0 Å². The third kappa shape index (κ3) is 10.4. The number of nitrogens with zero attached hydrogens (tertiary/aromatic N) is 5. The predicted molar refractivity (Wildman–Crippen MR) is 164 cm³/mol. The Bertz CT molecular complexity index is 1660. The Morgan fingerprint density at radius 1 is 0.812 bits per heavy atom. The lowest BCUT2D eigenvalue weighted by molar-refractivity contribution is -0.197. The first-order chi connectivity index (χ1) is 22.8. The van der Waals surface area contributed by atoms with E-state index in [1.165, 1.54) is 4.68 Å². The molecule has 0 bridgehead atoms. The van der Waals surface area contributed by atoms with Gasteiger partial charge in [0.25, 0.3) is 5.91 Å². The zero-order valence-electron chi connectivity index (χ0n) is 26.5. The maximum Gasteiger partial charge on any atom is 0.303 e. The standard InChI is InChI=1S/C30H33N7O11/c1-16(38)44-15-25(46-18(3)40)28(48-20(5)42)27(47-19(4)41)24(45-17(2)39)14-32-36-30(43)22-13-33-37(29(22)31)26-12-11-23(34-35-26)21-9-7-6-8-10-21/h6-14,24-25,27-28H,15,31H2,1-5H3,(H,36,43)/b32-14+/t24-,25+,27+,28+/m0/s1. The van der Waals surface area contributed by atoms with Gasteiger partial charge in [-0.05, 0) is 12.1 Å². The molecule has 1 aromatic carbocycles. The number of benzene rings is 1.